The number of esters is 1. The molecule has 18 heavy (non-hydrogen) atoms. The highest BCUT2D eigenvalue weighted by atomic mass is 19.1. The Morgan fingerprint density at radius 2 is 1.94 bits per heavy atom. The van der Waals surface area contributed by atoms with Gasteiger partial charge < -0.3 is 15.6 Å². The molecule has 1 unspecified atom stereocenters. The normalized spacial score (nSPS) is 14.1. The minimum Gasteiger partial charge on any atom is -0.507 e. The van der Waals surface area contributed by atoms with Gasteiger partial charge in [0.1, 0.15) is 5.75 Å². The molecule has 3 N–H and O–H groups in total. The van der Waals surface area contributed by atoms with Crippen molar-refractivity contribution < 1.29 is 19.0 Å². The summed E-state index contributed by atoms with van der Waals surface area (Å²) >= 11 is 0. The molecule has 0 fully saturated rings. The van der Waals surface area contributed by atoms with Gasteiger partial charge in [-0.25, -0.2) is 9.18 Å². The molecule has 0 aliphatic rings. The predicted molar refractivity (Wildman–Crippen MR) is 66.0 cm³/mol. The third-order valence-corrected chi connectivity index (χ3v) is 2.73. The van der Waals surface area contributed by atoms with Gasteiger partial charge >= 0.3 is 5.97 Å². The van der Waals surface area contributed by atoms with Crippen LogP contribution in [0.2, 0.25) is 0 Å². The van der Waals surface area contributed by atoms with E-state index in [9.17, 15) is 14.3 Å². The van der Waals surface area contributed by atoms with Crippen LogP contribution in [0.1, 0.15) is 29.7 Å². The zero-order chi connectivity index (χ0) is 13.9. The highest BCUT2D eigenvalue weighted by Gasteiger charge is 2.28. The highest BCUT2D eigenvalue weighted by Crippen LogP contribution is 2.27. The Balaban J connectivity index is 2.97. The van der Waals surface area contributed by atoms with Gasteiger partial charge in [-0.15, -0.1) is 0 Å². The van der Waals surface area contributed by atoms with E-state index >= 15 is 0 Å². The van der Waals surface area contributed by atoms with E-state index in [1.54, 1.807) is 32.9 Å². The summed E-state index contributed by atoms with van der Waals surface area (Å²) in [7, 11) is 0. The molecule has 0 aromatic heterocycles. The molecular weight excluding hydrogens is 237 g/mol. The number of aromatic hydroxyl groups is 1. The molecule has 0 heterocycles. The smallest absolute Gasteiger partial charge is 0.342 e. The molecular formula is C13H18FNO3. The molecule has 0 aliphatic heterocycles. The van der Waals surface area contributed by atoms with Crippen molar-refractivity contribution in [3.05, 3.63) is 28.8 Å². The van der Waals surface area contributed by atoms with Gasteiger partial charge in [-0.3, -0.25) is 0 Å². The van der Waals surface area contributed by atoms with E-state index in [2.05, 4.69) is 4.74 Å². The van der Waals surface area contributed by atoms with E-state index in [0.717, 1.165) is 0 Å². The Kier molecular flexibility index (Phi) is 4.67. The van der Waals surface area contributed by atoms with Crippen molar-refractivity contribution in [2.45, 2.75) is 33.0 Å². The topological polar surface area (TPSA) is 72.5 Å². The number of benzene rings is 1. The average molecular weight is 255 g/mol. The number of carbonyl (C=O) groups is 1. The summed E-state index contributed by atoms with van der Waals surface area (Å²) in [5.74, 6) is -0.814. The third kappa shape index (κ3) is 2.98. The van der Waals surface area contributed by atoms with Crippen LogP contribution in [0.4, 0.5) is 4.39 Å². The molecule has 5 heteroatoms. The average Bonchev–Trinajstić information content (AvgIpc) is 2.33. The molecule has 0 aliphatic carbocycles. The first kappa shape index (κ1) is 14.4. The van der Waals surface area contributed by atoms with Crippen LogP contribution in [0.25, 0.3) is 0 Å². The largest absolute Gasteiger partial charge is 0.507 e. The van der Waals surface area contributed by atoms with Crippen molar-refractivity contribution >= 4 is 5.97 Å². The van der Waals surface area contributed by atoms with Crippen LogP contribution in [-0.4, -0.2) is 23.9 Å². The van der Waals surface area contributed by atoms with Crippen LogP contribution in [0, 0.1) is 13.8 Å². The van der Waals surface area contributed by atoms with Crippen molar-refractivity contribution in [3.63, 3.8) is 0 Å². The minimum atomic E-state index is -1.91. The second-order valence-electron chi connectivity index (χ2n) is 4.18. The molecule has 2 atom stereocenters. The summed E-state index contributed by atoms with van der Waals surface area (Å²) < 4.78 is 18.4. The van der Waals surface area contributed by atoms with Gasteiger partial charge in [0.2, 0.25) is 6.17 Å². The number of nitrogens with two attached hydrogens (primary N) is 1. The molecule has 0 saturated heterocycles. The van der Waals surface area contributed by atoms with Gasteiger partial charge in [-0.1, -0.05) is 12.1 Å². The van der Waals surface area contributed by atoms with Crippen LogP contribution < -0.4 is 5.73 Å². The van der Waals surface area contributed by atoms with Gasteiger partial charge in [-0.2, -0.15) is 0 Å². The molecule has 1 aromatic rings. The molecule has 1 aromatic carbocycles. The maximum Gasteiger partial charge on any atom is 0.342 e. The van der Waals surface area contributed by atoms with Crippen LogP contribution in [0.5, 0.6) is 5.75 Å². The van der Waals surface area contributed by atoms with E-state index in [0.29, 0.717) is 16.7 Å². The second kappa shape index (κ2) is 5.82. The van der Waals surface area contributed by atoms with Crippen LogP contribution in [-0.2, 0) is 9.53 Å². The Bertz CT molecular complexity index is 425. The van der Waals surface area contributed by atoms with E-state index in [1.165, 1.54) is 0 Å². The van der Waals surface area contributed by atoms with Crippen molar-refractivity contribution in [1.29, 1.82) is 0 Å². The lowest BCUT2D eigenvalue weighted by molar-refractivity contribution is -0.149. The number of phenols is 1. The monoisotopic (exact) mass is 255 g/mol. The van der Waals surface area contributed by atoms with Crippen molar-refractivity contribution in [2.75, 3.05) is 6.61 Å². The van der Waals surface area contributed by atoms with Crippen molar-refractivity contribution in [1.82, 2.24) is 0 Å². The van der Waals surface area contributed by atoms with Crippen LogP contribution in [0.3, 0.4) is 0 Å². The van der Waals surface area contributed by atoms with Gasteiger partial charge in [0.05, 0.1) is 12.6 Å². The first-order chi connectivity index (χ1) is 8.38. The molecule has 0 bridgehead atoms. The van der Waals surface area contributed by atoms with Gasteiger partial charge in [0, 0.05) is 0 Å². The quantitative estimate of drug-likeness (QED) is 0.806. The SMILES string of the molecule is CCOC(=O)C(F)[C@@H](N)c1cc(C)c(O)c(C)c1. The number of ether oxygens (including phenoxy) is 1. The highest BCUT2D eigenvalue weighted by molar-refractivity contribution is 5.75. The molecule has 0 spiro atoms. The van der Waals surface area contributed by atoms with Gasteiger partial charge in [0.25, 0.3) is 0 Å². The van der Waals surface area contributed by atoms with Crippen molar-refractivity contribution in [3.8, 4) is 5.75 Å². The Morgan fingerprint density at radius 1 is 1.44 bits per heavy atom. The summed E-state index contributed by atoms with van der Waals surface area (Å²) in [6.45, 7) is 5.09. The Labute approximate surface area is 106 Å². The molecule has 4 nitrogen and oxygen atoms in total. The summed E-state index contributed by atoms with van der Waals surface area (Å²) in [5.41, 5.74) is 7.35. The lowest BCUT2D eigenvalue weighted by Gasteiger charge is -2.17. The predicted octanol–water partition coefficient (Wildman–Crippen LogP) is 1.91. The Morgan fingerprint density at radius 3 is 2.39 bits per heavy atom. The fourth-order valence-electron chi connectivity index (χ4n) is 1.72. The first-order valence-corrected chi connectivity index (χ1v) is 5.74. The van der Waals surface area contributed by atoms with E-state index in [1.807, 2.05) is 0 Å². The number of aryl methyl sites for hydroxylation is 2. The van der Waals surface area contributed by atoms with Gasteiger partial charge in [-0.05, 0) is 37.5 Å². The second-order valence-corrected chi connectivity index (χ2v) is 4.18. The molecule has 1 rings (SSSR count). The minimum absolute atomic E-state index is 0.111. The van der Waals surface area contributed by atoms with Crippen molar-refractivity contribution in [2.24, 2.45) is 5.73 Å². The van der Waals surface area contributed by atoms with E-state index < -0.39 is 18.2 Å². The fraction of sp³-hybridized carbons (Fsp3) is 0.462. The number of rotatable bonds is 4. The van der Waals surface area contributed by atoms with Gasteiger partial charge in [0.15, 0.2) is 0 Å². The van der Waals surface area contributed by atoms with E-state index in [-0.39, 0.29) is 12.4 Å². The number of alkyl halides is 1. The zero-order valence-corrected chi connectivity index (χ0v) is 10.7. The zero-order valence-electron chi connectivity index (χ0n) is 10.7. The third-order valence-electron chi connectivity index (χ3n) is 2.73. The standard InChI is InChI=1S/C13H18FNO3/c1-4-18-13(17)10(14)11(15)9-5-7(2)12(16)8(3)6-9/h5-6,10-11,16H,4,15H2,1-3H3/t10?,11-/m0/s1. The number of phenolic OH excluding ortho intramolecular Hbond substituents is 1. The lowest BCUT2D eigenvalue weighted by atomic mass is 9.98. The number of halogens is 1. The molecule has 0 amide bonds. The molecule has 0 radical (unpaired) electrons. The molecule has 0 saturated carbocycles. The van der Waals surface area contributed by atoms with Crippen LogP contribution in [0.15, 0.2) is 12.1 Å². The lowest BCUT2D eigenvalue weighted by Crippen LogP contribution is -2.31. The number of hydrogen-bond donors (Lipinski definition) is 2. The first-order valence-electron chi connectivity index (χ1n) is 5.74. The molecule has 100 valence electrons. The summed E-state index contributed by atoms with van der Waals surface area (Å²) in [4.78, 5) is 11.3. The van der Waals surface area contributed by atoms with E-state index in [4.69, 9.17) is 5.73 Å². The number of carbonyl (C=O) groups excluding carboxylic acids is 1. The maximum absolute atomic E-state index is 13.8. The van der Waals surface area contributed by atoms with Crippen LogP contribution >= 0.6 is 0 Å². The Hall–Kier alpha value is -1.62. The number of hydrogen-bond acceptors (Lipinski definition) is 4. The maximum atomic E-state index is 13.8. The summed E-state index contributed by atoms with van der Waals surface area (Å²) in [5, 5.41) is 9.62. The summed E-state index contributed by atoms with van der Waals surface area (Å²) in [6.07, 6.45) is -1.91. The summed E-state index contributed by atoms with van der Waals surface area (Å²) in [6, 6.07) is 2.04. The fourth-order valence-corrected chi connectivity index (χ4v) is 1.72.